The second kappa shape index (κ2) is 7.37. The summed E-state index contributed by atoms with van der Waals surface area (Å²) in [7, 11) is 1.74. The number of carbonyl (C=O) groups is 1. The van der Waals surface area contributed by atoms with Gasteiger partial charge in [-0.05, 0) is 75.1 Å². The first-order valence-electron chi connectivity index (χ1n) is 13.6. The number of methoxy groups -OCH3 is 1. The summed E-state index contributed by atoms with van der Waals surface area (Å²) in [5.74, 6) is 2.72. The van der Waals surface area contributed by atoms with Crippen LogP contribution < -0.4 is 9.47 Å². The summed E-state index contributed by atoms with van der Waals surface area (Å²) in [4.78, 5) is 22.7. The Morgan fingerprint density at radius 3 is 2.94 bits per heavy atom. The molecule has 7 aliphatic rings. The van der Waals surface area contributed by atoms with Gasteiger partial charge in [-0.2, -0.15) is 0 Å². The van der Waals surface area contributed by atoms with Gasteiger partial charge in [0.2, 0.25) is 5.91 Å². The Hall–Kier alpha value is -2.80. The SMILES string of the molecule is COc1ccc2c3c1O[C@H]1[C@H]4CC[C@@]5(CCN4C(=O)/C=C/c4cocn4)[C@@H](C2)N(CC2CC2)CC[C@]315. The van der Waals surface area contributed by atoms with Crippen molar-refractivity contribution in [2.75, 3.05) is 26.7 Å². The summed E-state index contributed by atoms with van der Waals surface area (Å²) in [6.07, 6.45) is 14.5. The molecule has 7 heteroatoms. The van der Waals surface area contributed by atoms with Crippen molar-refractivity contribution in [1.29, 1.82) is 0 Å². The average Bonchev–Trinajstić information content (AvgIpc) is 3.51. The standard InChI is InChI=1S/C29H33N3O4/c1-34-22-6-4-19-14-23-28-9-8-21(32(13-10-28)24(33)7-5-20-16-35-17-30-20)27-29(28,25(19)26(22)36-27)11-12-31(23)15-18-2-3-18/h4-7,16-18,21,23,27H,2-3,8-15H2,1H3/b7-5+/t21-,23-,27+,28-,29+/m1/s1. The number of rotatable bonds is 5. The number of likely N-dealkylation sites (tertiary alicyclic amines) is 1. The molecule has 1 amide bonds. The van der Waals surface area contributed by atoms with Crippen LogP contribution >= 0.6 is 0 Å². The minimum atomic E-state index is -0.0387. The minimum Gasteiger partial charge on any atom is -0.493 e. The molecule has 1 aromatic heterocycles. The Morgan fingerprint density at radius 1 is 1.22 bits per heavy atom. The third-order valence-corrected chi connectivity index (χ3v) is 10.5. The van der Waals surface area contributed by atoms with Gasteiger partial charge in [-0.15, -0.1) is 0 Å². The van der Waals surface area contributed by atoms with E-state index in [4.69, 9.17) is 13.9 Å². The fourth-order valence-corrected chi connectivity index (χ4v) is 8.97. The van der Waals surface area contributed by atoms with Gasteiger partial charge < -0.3 is 18.8 Å². The molecule has 1 aromatic carbocycles. The number of amides is 1. The summed E-state index contributed by atoms with van der Waals surface area (Å²) in [6.45, 7) is 3.15. The molecule has 3 aliphatic carbocycles. The highest BCUT2D eigenvalue weighted by atomic mass is 16.5. The number of aromatic nitrogens is 1. The van der Waals surface area contributed by atoms with Gasteiger partial charge in [0, 0.05) is 41.6 Å². The highest BCUT2D eigenvalue weighted by Gasteiger charge is 2.74. The number of ether oxygens (including phenoxy) is 2. The van der Waals surface area contributed by atoms with E-state index in [-0.39, 0.29) is 28.9 Å². The summed E-state index contributed by atoms with van der Waals surface area (Å²) < 4.78 is 17.9. The number of benzene rings is 1. The Morgan fingerprint density at radius 2 is 2.14 bits per heavy atom. The Bertz CT molecular complexity index is 1250. The molecule has 36 heavy (non-hydrogen) atoms. The van der Waals surface area contributed by atoms with Crippen molar-refractivity contribution in [2.45, 2.75) is 68.5 Å². The first kappa shape index (κ1) is 21.3. The first-order valence-corrected chi connectivity index (χ1v) is 13.6. The quantitative estimate of drug-likeness (QED) is 0.598. The first-order chi connectivity index (χ1) is 17.6. The van der Waals surface area contributed by atoms with Crippen molar-refractivity contribution >= 4 is 12.0 Å². The normalized spacial score (nSPS) is 36.0. The molecule has 0 unspecified atom stereocenters. The fraction of sp³-hybridized carbons (Fsp3) is 0.586. The number of oxazole rings is 1. The van der Waals surface area contributed by atoms with Gasteiger partial charge in [-0.1, -0.05) is 6.07 Å². The molecule has 7 nitrogen and oxygen atoms in total. The molecule has 4 bridgehead atoms. The topological polar surface area (TPSA) is 68.0 Å². The summed E-state index contributed by atoms with van der Waals surface area (Å²) >= 11 is 0. The lowest BCUT2D eigenvalue weighted by Crippen LogP contribution is -2.72. The molecule has 5 heterocycles. The predicted molar refractivity (Wildman–Crippen MR) is 133 cm³/mol. The van der Waals surface area contributed by atoms with E-state index in [9.17, 15) is 4.79 Å². The molecule has 2 aromatic rings. The van der Waals surface area contributed by atoms with E-state index in [1.165, 1.54) is 36.9 Å². The van der Waals surface area contributed by atoms with Crippen molar-refractivity contribution in [3.05, 3.63) is 47.7 Å². The molecule has 3 saturated heterocycles. The largest absolute Gasteiger partial charge is 0.493 e. The van der Waals surface area contributed by atoms with Crippen LogP contribution in [-0.4, -0.2) is 65.6 Å². The molecular weight excluding hydrogens is 454 g/mol. The minimum absolute atomic E-state index is 0.0194. The van der Waals surface area contributed by atoms with Gasteiger partial charge in [0.1, 0.15) is 18.1 Å². The zero-order valence-corrected chi connectivity index (χ0v) is 20.8. The average molecular weight is 488 g/mol. The maximum absolute atomic E-state index is 13.6. The van der Waals surface area contributed by atoms with Crippen LogP contribution in [-0.2, 0) is 16.6 Å². The van der Waals surface area contributed by atoms with E-state index in [0.29, 0.717) is 11.7 Å². The van der Waals surface area contributed by atoms with E-state index < -0.39 is 0 Å². The molecule has 188 valence electrons. The lowest BCUT2D eigenvalue weighted by atomic mass is 9.42. The molecule has 5 atom stereocenters. The molecule has 9 rings (SSSR count). The van der Waals surface area contributed by atoms with Crippen LogP contribution in [0.1, 0.15) is 55.3 Å². The van der Waals surface area contributed by atoms with E-state index in [0.717, 1.165) is 62.6 Å². The molecule has 0 N–H and O–H groups in total. The summed E-state index contributed by atoms with van der Waals surface area (Å²) in [5, 5.41) is 0. The molecular formula is C29H33N3O4. The van der Waals surface area contributed by atoms with Crippen LogP contribution in [0.2, 0.25) is 0 Å². The molecule has 0 radical (unpaired) electrons. The van der Waals surface area contributed by atoms with Gasteiger partial charge in [0.15, 0.2) is 17.9 Å². The van der Waals surface area contributed by atoms with Crippen LogP contribution in [0.4, 0.5) is 0 Å². The second-order valence-electron chi connectivity index (χ2n) is 11.8. The fourth-order valence-electron chi connectivity index (χ4n) is 8.97. The highest BCUT2D eigenvalue weighted by molar-refractivity contribution is 5.92. The molecule has 2 saturated carbocycles. The Labute approximate surface area is 211 Å². The molecule has 4 aliphatic heterocycles. The number of nitrogens with zero attached hydrogens (tertiary/aromatic N) is 3. The van der Waals surface area contributed by atoms with Crippen molar-refractivity contribution in [1.82, 2.24) is 14.8 Å². The zero-order valence-electron chi connectivity index (χ0n) is 20.8. The number of hydrogen-bond donors (Lipinski definition) is 0. The zero-order chi connectivity index (χ0) is 24.1. The predicted octanol–water partition coefficient (Wildman–Crippen LogP) is 3.82. The number of carbonyl (C=O) groups excluding carboxylic acids is 1. The van der Waals surface area contributed by atoms with E-state index in [1.807, 2.05) is 0 Å². The summed E-state index contributed by atoms with van der Waals surface area (Å²) in [6, 6.07) is 4.98. The monoisotopic (exact) mass is 487 g/mol. The lowest BCUT2D eigenvalue weighted by Gasteiger charge is -2.66. The third-order valence-electron chi connectivity index (χ3n) is 10.5. The number of hydrogen-bond acceptors (Lipinski definition) is 6. The second-order valence-corrected chi connectivity index (χ2v) is 11.8. The molecule has 5 fully saturated rings. The highest BCUT2D eigenvalue weighted by Crippen LogP contribution is 2.71. The van der Waals surface area contributed by atoms with E-state index in [2.05, 4.69) is 26.9 Å². The number of fused-ring (bicyclic) bond motifs is 3. The van der Waals surface area contributed by atoms with Gasteiger partial charge in [0.05, 0.1) is 13.2 Å². The van der Waals surface area contributed by atoms with Crippen molar-refractivity contribution < 1.29 is 18.7 Å². The van der Waals surface area contributed by atoms with Gasteiger partial charge in [0.25, 0.3) is 0 Å². The van der Waals surface area contributed by atoms with Crippen molar-refractivity contribution in [2.24, 2.45) is 11.3 Å². The summed E-state index contributed by atoms with van der Waals surface area (Å²) in [5.41, 5.74) is 3.63. The lowest BCUT2D eigenvalue weighted by molar-refractivity contribution is -0.140. The Balaban J connectivity index is 1.25. The van der Waals surface area contributed by atoms with Crippen molar-refractivity contribution in [3.8, 4) is 11.5 Å². The van der Waals surface area contributed by atoms with E-state index >= 15 is 0 Å². The van der Waals surface area contributed by atoms with Gasteiger partial charge in [-0.3, -0.25) is 9.69 Å². The smallest absolute Gasteiger partial charge is 0.247 e. The van der Waals surface area contributed by atoms with Gasteiger partial charge >= 0.3 is 0 Å². The van der Waals surface area contributed by atoms with Crippen LogP contribution in [0.25, 0.3) is 6.08 Å². The van der Waals surface area contributed by atoms with Gasteiger partial charge in [-0.25, -0.2) is 4.98 Å². The van der Waals surface area contributed by atoms with Crippen LogP contribution in [0, 0.1) is 11.3 Å². The van der Waals surface area contributed by atoms with E-state index in [1.54, 1.807) is 25.5 Å². The molecule has 2 spiro atoms. The van der Waals surface area contributed by atoms with Crippen molar-refractivity contribution in [3.63, 3.8) is 0 Å². The maximum atomic E-state index is 13.6. The Kier molecular flexibility index (Phi) is 4.36. The third kappa shape index (κ3) is 2.62. The van der Waals surface area contributed by atoms with Crippen LogP contribution in [0.3, 0.4) is 0 Å². The number of piperidine rings is 1. The van der Waals surface area contributed by atoms with Crippen LogP contribution in [0.15, 0.2) is 35.3 Å². The van der Waals surface area contributed by atoms with Crippen LogP contribution in [0.5, 0.6) is 11.5 Å². The maximum Gasteiger partial charge on any atom is 0.247 e.